The zero-order valence-electron chi connectivity index (χ0n) is 21.6. The second-order valence-electron chi connectivity index (χ2n) is 10.3. The highest BCUT2D eigenvalue weighted by molar-refractivity contribution is 5.99. The molecule has 1 N–H and O–H groups in total. The van der Waals surface area contributed by atoms with Crippen LogP contribution in [-0.2, 0) is 13.0 Å². The zero-order valence-corrected chi connectivity index (χ0v) is 21.6. The highest BCUT2D eigenvalue weighted by atomic mass is 16.2. The van der Waals surface area contributed by atoms with Gasteiger partial charge in [0.2, 0.25) is 5.43 Å². The van der Waals surface area contributed by atoms with E-state index in [2.05, 4.69) is 17.2 Å². The van der Waals surface area contributed by atoms with Crippen molar-refractivity contribution < 1.29 is 9.59 Å². The minimum atomic E-state index is -0.460. The molecule has 1 saturated heterocycles. The Morgan fingerprint density at radius 1 is 0.972 bits per heavy atom. The lowest BCUT2D eigenvalue weighted by Gasteiger charge is -2.35. The third-order valence-corrected chi connectivity index (χ3v) is 7.71. The molecule has 3 heterocycles. The van der Waals surface area contributed by atoms with Crippen molar-refractivity contribution in [1.82, 2.24) is 19.8 Å². The molecule has 2 aliphatic rings. The number of hydrogen-bond donors (Lipinski definition) is 1. The molecule has 0 aromatic carbocycles. The zero-order chi connectivity index (χ0) is 25.3. The molecule has 1 aliphatic heterocycles. The summed E-state index contributed by atoms with van der Waals surface area (Å²) in [6.07, 6.45) is 17.2. The van der Waals surface area contributed by atoms with Gasteiger partial charge in [-0.25, -0.2) is 0 Å². The van der Waals surface area contributed by atoms with E-state index in [4.69, 9.17) is 0 Å². The number of likely N-dealkylation sites (tertiary alicyclic amines) is 1. The van der Waals surface area contributed by atoms with Crippen LogP contribution in [-0.4, -0.2) is 44.9 Å². The number of pyridine rings is 2. The van der Waals surface area contributed by atoms with Crippen LogP contribution >= 0.6 is 0 Å². The molecule has 0 bridgehead atoms. The van der Waals surface area contributed by atoms with E-state index in [9.17, 15) is 14.4 Å². The van der Waals surface area contributed by atoms with E-state index in [0.717, 1.165) is 57.1 Å². The summed E-state index contributed by atoms with van der Waals surface area (Å²) in [5, 5.41) is 3.12. The van der Waals surface area contributed by atoms with Crippen LogP contribution in [0.1, 0.15) is 104 Å². The lowest BCUT2D eigenvalue weighted by molar-refractivity contribution is 0.0605. The van der Waals surface area contributed by atoms with Gasteiger partial charge in [0, 0.05) is 55.9 Å². The molecule has 0 spiro atoms. The topological polar surface area (TPSA) is 84.3 Å². The first kappa shape index (κ1) is 26.1. The summed E-state index contributed by atoms with van der Waals surface area (Å²) in [6.45, 7) is 3.27. The van der Waals surface area contributed by atoms with Crippen molar-refractivity contribution in [2.45, 2.75) is 103 Å². The van der Waals surface area contributed by atoms with Crippen LogP contribution in [0.4, 0.5) is 0 Å². The Kier molecular flexibility index (Phi) is 9.31. The Bertz CT molecular complexity index is 1070. The monoisotopic (exact) mass is 492 g/mol. The highest BCUT2D eigenvalue weighted by Gasteiger charge is 2.29. The van der Waals surface area contributed by atoms with Gasteiger partial charge < -0.3 is 14.8 Å². The van der Waals surface area contributed by atoms with Crippen molar-refractivity contribution >= 4 is 11.8 Å². The molecule has 1 atom stereocenters. The second kappa shape index (κ2) is 12.8. The molecule has 1 aliphatic carbocycles. The number of carbonyl (C=O) groups is 2. The highest BCUT2D eigenvalue weighted by Crippen LogP contribution is 2.22. The van der Waals surface area contributed by atoms with Gasteiger partial charge in [0.15, 0.2) is 0 Å². The average Bonchev–Trinajstić information content (AvgIpc) is 2.89. The molecule has 7 heteroatoms. The Morgan fingerprint density at radius 3 is 2.42 bits per heavy atom. The van der Waals surface area contributed by atoms with Crippen LogP contribution in [0, 0.1) is 0 Å². The van der Waals surface area contributed by atoms with Crippen molar-refractivity contribution in [3.05, 3.63) is 63.8 Å². The first-order valence-corrected chi connectivity index (χ1v) is 13.8. The number of hydrogen-bond acceptors (Lipinski definition) is 4. The standard InChI is InChI=1S/C29H40N4O3/c1-2-24-15-9-11-18-33(24)29(36)26-21-32(19-16-22-12-8-10-17-30-22)20-25(27(26)34)28(35)31-23-13-6-4-3-5-7-14-23/h8,10,12,17,20-21,23-24H,2-7,9,11,13-16,18-19H2,1H3,(H,31,35). The number of amides is 2. The predicted molar refractivity (Wildman–Crippen MR) is 141 cm³/mol. The van der Waals surface area contributed by atoms with Crippen molar-refractivity contribution in [2.75, 3.05) is 6.54 Å². The summed E-state index contributed by atoms with van der Waals surface area (Å²) in [7, 11) is 0. The number of aromatic nitrogens is 2. The van der Waals surface area contributed by atoms with Gasteiger partial charge in [0.05, 0.1) is 0 Å². The first-order valence-electron chi connectivity index (χ1n) is 13.8. The molecule has 4 rings (SSSR count). The predicted octanol–water partition coefficient (Wildman–Crippen LogP) is 4.73. The molecule has 2 aromatic heterocycles. The molecule has 2 aromatic rings. The van der Waals surface area contributed by atoms with E-state index in [1.165, 1.54) is 19.3 Å². The molecule has 36 heavy (non-hydrogen) atoms. The fourth-order valence-corrected chi connectivity index (χ4v) is 5.57. The number of aryl methyl sites for hydroxylation is 2. The van der Waals surface area contributed by atoms with Gasteiger partial charge in [0.25, 0.3) is 11.8 Å². The number of carbonyl (C=O) groups excluding carboxylic acids is 2. The van der Waals surface area contributed by atoms with Gasteiger partial charge in [-0.1, -0.05) is 45.1 Å². The van der Waals surface area contributed by atoms with E-state index in [0.29, 0.717) is 19.5 Å². The maximum atomic E-state index is 13.6. The Balaban J connectivity index is 1.62. The fraction of sp³-hybridized carbons (Fsp3) is 0.586. The summed E-state index contributed by atoms with van der Waals surface area (Å²) < 4.78 is 1.82. The molecule has 0 radical (unpaired) electrons. The van der Waals surface area contributed by atoms with E-state index in [1.54, 1.807) is 18.6 Å². The Morgan fingerprint density at radius 2 is 1.69 bits per heavy atom. The van der Waals surface area contributed by atoms with Crippen molar-refractivity contribution in [2.24, 2.45) is 0 Å². The second-order valence-corrected chi connectivity index (χ2v) is 10.3. The molecular weight excluding hydrogens is 452 g/mol. The lowest BCUT2D eigenvalue weighted by Crippen LogP contribution is -2.46. The van der Waals surface area contributed by atoms with Gasteiger partial charge in [-0.3, -0.25) is 19.4 Å². The number of nitrogens with one attached hydrogen (secondary N) is 1. The Labute approximate surface area is 214 Å². The summed E-state index contributed by atoms with van der Waals surface area (Å²) >= 11 is 0. The van der Waals surface area contributed by atoms with Crippen LogP contribution in [0.25, 0.3) is 0 Å². The molecule has 1 saturated carbocycles. The average molecular weight is 493 g/mol. The molecule has 7 nitrogen and oxygen atoms in total. The SMILES string of the molecule is CCC1CCCCN1C(=O)c1cn(CCc2ccccn2)cc(C(=O)NC2CCCCCCC2)c1=O. The smallest absolute Gasteiger partial charge is 0.259 e. The van der Waals surface area contributed by atoms with Crippen LogP contribution in [0.3, 0.4) is 0 Å². The van der Waals surface area contributed by atoms with Crippen molar-refractivity contribution in [1.29, 1.82) is 0 Å². The van der Waals surface area contributed by atoms with E-state index in [1.807, 2.05) is 27.7 Å². The van der Waals surface area contributed by atoms with Gasteiger partial charge in [-0.05, 0) is 50.7 Å². The first-order chi connectivity index (χ1) is 17.6. The number of rotatable bonds is 7. The van der Waals surface area contributed by atoms with Gasteiger partial charge in [-0.2, -0.15) is 0 Å². The number of nitrogens with zero attached hydrogens (tertiary/aromatic N) is 3. The van der Waals surface area contributed by atoms with Gasteiger partial charge in [-0.15, -0.1) is 0 Å². The van der Waals surface area contributed by atoms with Crippen LogP contribution in [0.2, 0.25) is 0 Å². The normalized spacial score (nSPS) is 19.4. The Hall–Kier alpha value is -2.96. The third-order valence-electron chi connectivity index (χ3n) is 7.71. The third kappa shape index (κ3) is 6.62. The van der Waals surface area contributed by atoms with Gasteiger partial charge >= 0.3 is 0 Å². The van der Waals surface area contributed by atoms with Crippen LogP contribution in [0.5, 0.6) is 0 Å². The molecular formula is C29H40N4O3. The summed E-state index contributed by atoms with van der Waals surface area (Å²) in [5.41, 5.74) is 0.625. The minimum absolute atomic E-state index is 0.0639. The van der Waals surface area contributed by atoms with Crippen LogP contribution in [0.15, 0.2) is 41.6 Å². The van der Waals surface area contributed by atoms with E-state index in [-0.39, 0.29) is 35.0 Å². The molecule has 1 unspecified atom stereocenters. The lowest BCUT2D eigenvalue weighted by atomic mass is 9.96. The maximum Gasteiger partial charge on any atom is 0.259 e. The largest absolute Gasteiger partial charge is 0.352 e. The van der Waals surface area contributed by atoms with Crippen molar-refractivity contribution in [3.63, 3.8) is 0 Å². The van der Waals surface area contributed by atoms with Gasteiger partial charge in [0.1, 0.15) is 11.1 Å². The van der Waals surface area contributed by atoms with E-state index < -0.39 is 5.43 Å². The quantitative estimate of drug-likeness (QED) is 0.605. The summed E-state index contributed by atoms with van der Waals surface area (Å²) in [6, 6.07) is 5.99. The number of piperidine rings is 1. The van der Waals surface area contributed by atoms with Crippen LogP contribution < -0.4 is 10.7 Å². The van der Waals surface area contributed by atoms with Crippen molar-refractivity contribution in [3.8, 4) is 0 Å². The molecule has 2 amide bonds. The molecule has 2 fully saturated rings. The maximum absolute atomic E-state index is 13.6. The minimum Gasteiger partial charge on any atom is -0.352 e. The van der Waals surface area contributed by atoms with E-state index >= 15 is 0 Å². The fourth-order valence-electron chi connectivity index (χ4n) is 5.57. The molecule has 194 valence electrons. The summed E-state index contributed by atoms with van der Waals surface area (Å²) in [4.78, 5) is 46.8. The summed E-state index contributed by atoms with van der Waals surface area (Å²) in [5.74, 6) is -0.615.